The van der Waals surface area contributed by atoms with E-state index < -0.39 is 10.7 Å². The number of nitrogens with zero attached hydrogens (tertiary/aromatic N) is 3. The molecule has 0 aliphatic carbocycles. The van der Waals surface area contributed by atoms with Gasteiger partial charge in [-0.05, 0) is 31.0 Å². The van der Waals surface area contributed by atoms with E-state index in [4.69, 9.17) is 0 Å². The zero-order valence-electron chi connectivity index (χ0n) is 11.8. The van der Waals surface area contributed by atoms with Gasteiger partial charge in [-0.25, -0.2) is 14.4 Å². The molecule has 0 amide bonds. The summed E-state index contributed by atoms with van der Waals surface area (Å²) in [6.45, 7) is 4.25. The summed E-state index contributed by atoms with van der Waals surface area (Å²) < 4.78 is 13.4. The first-order valence-electron chi connectivity index (χ1n) is 6.54. The Labute approximate surface area is 121 Å². The lowest BCUT2D eigenvalue weighted by Gasteiger charge is -2.09. The minimum atomic E-state index is -0.544. The van der Waals surface area contributed by atoms with E-state index in [1.165, 1.54) is 18.5 Å². The molecule has 1 N–H and O–H groups in total. The van der Waals surface area contributed by atoms with Crippen LogP contribution >= 0.6 is 0 Å². The van der Waals surface area contributed by atoms with Crippen LogP contribution in [-0.4, -0.2) is 21.4 Å². The summed E-state index contributed by atoms with van der Waals surface area (Å²) in [6, 6.07) is 4.12. The first-order chi connectivity index (χ1) is 10.0. The third-order valence-electron chi connectivity index (χ3n) is 3.00. The lowest BCUT2D eigenvalue weighted by Crippen LogP contribution is -2.07. The predicted octanol–water partition coefficient (Wildman–Crippen LogP) is 3.32. The van der Waals surface area contributed by atoms with Gasteiger partial charge in [0.2, 0.25) is 5.82 Å². The second-order valence-corrected chi connectivity index (χ2v) is 4.56. The Morgan fingerprint density at radius 2 is 2.14 bits per heavy atom. The van der Waals surface area contributed by atoms with E-state index in [0.717, 1.165) is 6.42 Å². The fraction of sp³-hybridized carbons (Fsp3) is 0.286. The quantitative estimate of drug-likeness (QED) is 0.674. The highest BCUT2D eigenvalue weighted by atomic mass is 19.1. The van der Waals surface area contributed by atoms with E-state index in [9.17, 15) is 14.5 Å². The Bertz CT molecular complexity index is 676. The highest BCUT2D eigenvalue weighted by Gasteiger charge is 2.24. The molecule has 0 saturated heterocycles. The lowest BCUT2D eigenvalue weighted by atomic mass is 10.0. The van der Waals surface area contributed by atoms with Crippen molar-refractivity contribution in [1.29, 1.82) is 0 Å². The van der Waals surface area contributed by atoms with Crippen LogP contribution in [0.1, 0.15) is 18.9 Å². The third-order valence-corrected chi connectivity index (χ3v) is 3.00. The van der Waals surface area contributed by atoms with Crippen LogP contribution in [-0.2, 0) is 0 Å². The van der Waals surface area contributed by atoms with Crippen molar-refractivity contribution in [3.05, 3.63) is 46.0 Å². The predicted molar refractivity (Wildman–Crippen MR) is 77.6 cm³/mol. The minimum absolute atomic E-state index is 0.116. The zero-order valence-corrected chi connectivity index (χ0v) is 11.8. The Balaban J connectivity index is 2.62. The van der Waals surface area contributed by atoms with Crippen molar-refractivity contribution in [3.8, 4) is 11.3 Å². The summed E-state index contributed by atoms with van der Waals surface area (Å²) in [7, 11) is 0. The summed E-state index contributed by atoms with van der Waals surface area (Å²) >= 11 is 0. The minimum Gasteiger partial charge on any atom is -0.364 e. The third kappa shape index (κ3) is 3.13. The molecule has 0 aliphatic rings. The molecule has 0 atom stereocenters. The molecule has 1 aromatic heterocycles. The fourth-order valence-electron chi connectivity index (χ4n) is 1.97. The molecule has 1 heterocycles. The average molecular weight is 290 g/mol. The fourth-order valence-corrected chi connectivity index (χ4v) is 1.97. The first kappa shape index (κ1) is 14.8. The van der Waals surface area contributed by atoms with E-state index in [1.807, 2.05) is 6.92 Å². The molecule has 2 rings (SSSR count). The number of halogens is 1. The van der Waals surface area contributed by atoms with E-state index in [-0.39, 0.29) is 17.2 Å². The van der Waals surface area contributed by atoms with Gasteiger partial charge in [-0.3, -0.25) is 10.1 Å². The molecular formula is C14H15FN4O2. The van der Waals surface area contributed by atoms with Crippen molar-refractivity contribution < 1.29 is 9.31 Å². The highest BCUT2D eigenvalue weighted by molar-refractivity contribution is 5.78. The largest absolute Gasteiger partial charge is 0.364 e. The van der Waals surface area contributed by atoms with Gasteiger partial charge in [0.25, 0.3) is 0 Å². The molecule has 2 aromatic rings. The second-order valence-electron chi connectivity index (χ2n) is 4.56. The molecule has 21 heavy (non-hydrogen) atoms. The Hall–Kier alpha value is -2.57. The molecule has 6 nitrogen and oxygen atoms in total. The Kier molecular flexibility index (Phi) is 4.42. The van der Waals surface area contributed by atoms with E-state index >= 15 is 0 Å². The van der Waals surface area contributed by atoms with E-state index in [2.05, 4.69) is 15.3 Å². The molecule has 0 aliphatic heterocycles. The molecule has 110 valence electrons. The Morgan fingerprint density at radius 1 is 1.38 bits per heavy atom. The van der Waals surface area contributed by atoms with Crippen LogP contribution < -0.4 is 5.32 Å². The average Bonchev–Trinajstić information content (AvgIpc) is 2.47. The van der Waals surface area contributed by atoms with Crippen LogP contribution in [0.15, 0.2) is 24.5 Å². The summed E-state index contributed by atoms with van der Waals surface area (Å²) in [5.74, 6) is -0.318. The number of aromatic nitrogens is 2. The molecule has 0 spiro atoms. The second kappa shape index (κ2) is 6.25. The molecule has 0 saturated carbocycles. The highest BCUT2D eigenvalue weighted by Crippen LogP contribution is 2.34. The molecule has 0 fully saturated rings. The van der Waals surface area contributed by atoms with Gasteiger partial charge in [0.15, 0.2) is 5.69 Å². The van der Waals surface area contributed by atoms with Crippen LogP contribution in [0.4, 0.5) is 15.9 Å². The van der Waals surface area contributed by atoms with Crippen molar-refractivity contribution in [1.82, 2.24) is 9.97 Å². The molecule has 0 radical (unpaired) electrons. The van der Waals surface area contributed by atoms with Crippen molar-refractivity contribution in [2.45, 2.75) is 20.3 Å². The van der Waals surface area contributed by atoms with Crippen molar-refractivity contribution in [3.63, 3.8) is 0 Å². The Morgan fingerprint density at radius 3 is 2.81 bits per heavy atom. The van der Waals surface area contributed by atoms with Gasteiger partial charge in [0.1, 0.15) is 12.1 Å². The van der Waals surface area contributed by atoms with Gasteiger partial charge < -0.3 is 5.32 Å². The number of rotatable bonds is 5. The van der Waals surface area contributed by atoms with Crippen molar-refractivity contribution >= 4 is 11.5 Å². The van der Waals surface area contributed by atoms with Crippen LogP contribution in [0, 0.1) is 22.9 Å². The summed E-state index contributed by atoms with van der Waals surface area (Å²) in [5.41, 5.74) is 0.980. The van der Waals surface area contributed by atoms with Crippen molar-refractivity contribution in [2.75, 3.05) is 11.9 Å². The summed E-state index contributed by atoms with van der Waals surface area (Å²) in [5, 5.41) is 14.3. The van der Waals surface area contributed by atoms with Crippen LogP contribution in [0.25, 0.3) is 11.3 Å². The van der Waals surface area contributed by atoms with E-state index in [1.54, 1.807) is 13.0 Å². The summed E-state index contributed by atoms with van der Waals surface area (Å²) in [6.07, 6.45) is 2.04. The lowest BCUT2D eigenvalue weighted by molar-refractivity contribution is -0.383. The SMILES string of the molecule is CCCNc1ncnc(-c2cc(F)ccc2C)c1[N+](=O)[O-]. The van der Waals surface area contributed by atoms with Crippen molar-refractivity contribution in [2.24, 2.45) is 0 Å². The topological polar surface area (TPSA) is 81.0 Å². The number of nitrogens with one attached hydrogen (secondary N) is 1. The van der Waals surface area contributed by atoms with Crippen LogP contribution in [0.3, 0.4) is 0 Å². The maximum Gasteiger partial charge on any atom is 0.337 e. The standard InChI is InChI=1S/C14H15FN4O2/c1-3-6-16-14-13(19(20)21)12(17-8-18-14)11-7-10(15)5-4-9(11)2/h4-5,7-8H,3,6H2,1-2H3,(H,16,17,18). The van der Waals surface area contributed by atoms with Gasteiger partial charge >= 0.3 is 5.69 Å². The maximum atomic E-state index is 13.4. The maximum absolute atomic E-state index is 13.4. The number of hydrogen-bond acceptors (Lipinski definition) is 5. The van der Waals surface area contributed by atoms with Gasteiger partial charge in [-0.1, -0.05) is 13.0 Å². The van der Waals surface area contributed by atoms with Gasteiger partial charge in [0, 0.05) is 12.1 Å². The smallest absolute Gasteiger partial charge is 0.337 e. The van der Waals surface area contributed by atoms with Gasteiger partial charge in [0.05, 0.1) is 4.92 Å². The molecule has 1 aromatic carbocycles. The number of aryl methyl sites for hydroxylation is 1. The zero-order chi connectivity index (χ0) is 15.4. The number of hydrogen-bond donors (Lipinski definition) is 1. The van der Waals surface area contributed by atoms with Gasteiger partial charge in [-0.15, -0.1) is 0 Å². The normalized spacial score (nSPS) is 10.4. The van der Waals surface area contributed by atoms with Gasteiger partial charge in [-0.2, -0.15) is 0 Å². The van der Waals surface area contributed by atoms with E-state index in [0.29, 0.717) is 17.7 Å². The monoisotopic (exact) mass is 290 g/mol. The summed E-state index contributed by atoms with van der Waals surface area (Å²) in [4.78, 5) is 18.7. The molecule has 0 bridgehead atoms. The number of nitro groups is 1. The first-order valence-corrected chi connectivity index (χ1v) is 6.54. The molecule has 0 unspecified atom stereocenters. The number of anilines is 1. The van der Waals surface area contributed by atoms with Crippen LogP contribution in [0.5, 0.6) is 0 Å². The molecular weight excluding hydrogens is 275 g/mol. The molecule has 7 heteroatoms. The number of benzene rings is 1. The van der Waals surface area contributed by atoms with Crippen LogP contribution in [0.2, 0.25) is 0 Å².